The van der Waals surface area contributed by atoms with Crippen LogP contribution in [0.1, 0.15) is 27.2 Å². The summed E-state index contributed by atoms with van der Waals surface area (Å²) >= 11 is 0. The van der Waals surface area contributed by atoms with Crippen LogP contribution in [0.2, 0.25) is 0 Å². The van der Waals surface area contributed by atoms with Crippen LogP contribution in [0.4, 0.5) is 8.78 Å². The van der Waals surface area contributed by atoms with Crippen molar-refractivity contribution in [1.29, 1.82) is 0 Å². The highest BCUT2D eigenvalue weighted by atomic mass is 19.3. The summed E-state index contributed by atoms with van der Waals surface area (Å²) in [5.41, 5.74) is 0.174. The topological polar surface area (TPSA) is 6.48 Å². The lowest BCUT2D eigenvalue weighted by atomic mass is 9.85. The molecule has 2 bridgehead atoms. The predicted octanol–water partition coefficient (Wildman–Crippen LogP) is 1.81. The summed E-state index contributed by atoms with van der Waals surface area (Å²) in [7, 11) is 0. The van der Waals surface area contributed by atoms with Crippen molar-refractivity contribution < 1.29 is 8.78 Å². The standard InChI is InChI=1S/C11H20F2N2/c1-11(2,3)14-5-8-4-9(6-14)15(8)7-10(12)13/h8-10H,4-7H2,1-3H3. The quantitative estimate of drug-likeness (QED) is 0.697. The smallest absolute Gasteiger partial charge is 0.251 e. The zero-order valence-electron chi connectivity index (χ0n) is 9.71. The van der Waals surface area contributed by atoms with Crippen LogP contribution in [0, 0.1) is 0 Å². The molecular formula is C11H20F2N2. The van der Waals surface area contributed by atoms with Crippen molar-refractivity contribution >= 4 is 0 Å². The number of alkyl halides is 2. The van der Waals surface area contributed by atoms with Crippen LogP contribution >= 0.6 is 0 Å². The second kappa shape index (κ2) is 3.67. The molecule has 0 aliphatic carbocycles. The molecule has 0 radical (unpaired) electrons. The molecule has 0 aromatic rings. The Morgan fingerprint density at radius 2 is 1.73 bits per heavy atom. The van der Waals surface area contributed by atoms with Crippen LogP contribution in [-0.2, 0) is 0 Å². The summed E-state index contributed by atoms with van der Waals surface area (Å²) in [4.78, 5) is 4.39. The van der Waals surface area contributed by atoms with Crippen molar-refractivity contribution in [2.45, 2.75) is 51.2 Å². The van der Waals surface area contributed by atoms with E-state index in [9.17, 15) is 8.78 Å². The van der Waals surface area contributed by atoms with Crippen molar-refractivity contribution in [1.82, 2.24) is 9.80 Å². The largest absolute Gasteiger partial charge is 0.295 e. The predicted molar refractivity (Wildman–Crippen MR) is 56.2 cm³/mol. The molecule has 0 aromatic carbocycles. The first-order valence-electron chi connectivity index (χ1n) is 5.67. The van der Waals surface area contributed by atoms with Crippen molar-refractivity contribution in [3.05, 3.63) is 0 Å². The maximum Gasteiger partial charge on any atom is 0.251 e. The third kappa shape index (κ3) is 2.16. The van der Waals surface area contributed by atoms with Gasteiger partial charge in [0.2, 0.25) is 0 Å². The van der Waals surface area contributed by atoms with E-state index >= 15 is 0 Å². The first-order valence-corrected chi connectivity index (χ1v) is 5.67. The second-order valence-corrected chi connectivity index (χ2v) is 5.71. The van der Waals surface area contributed by atoms with Crippen LogP contribution < -0.4 is 0 Å². The van der Waals surface area contributed by atoms with E-state index in [0.29, 0.717) is 12.1 Å². The molecule has 0 saturated carbocycles. The SMILES string of the molecule is CC(C)(C)N1CC2CC(C1)N2CC(F)F. The Morgan fingerprint density at radius 3 is 2.13 bits per heavy atom. The van der Waals surface area contributed by atoms with Crippen molar-refractivity contribution in [3.63, 3.8) is 0 Å². The lowest BCUT2D eigenvalue weighted by Crippen LogP contribution is -2.71. The van der Waals surface area contributed by atoms with Crippen LogP contribution in [-0.4, -0.2) is 53.5 Å². The highest BCUT2D eigenvalue weighted by Gasteiger charge is 2.47. The van der Waals surface area contributed by atoms with Crippen molar-refractivity contribution in [2.75, 3.05) is 19.6 Å². The molecule has 3 aliphatic rings. The number of rotatable bonds is 2. The zero-order valence-corrected chi connectivity index (χ0v) is 9.71. The van der Waals surface area contributed by atoms with Crippen molar-refractivity contribution in [2.24, 2.45) is 0 Å². The number of nitrogens with zero attached hydrogens (tertiary/aromatic N) is 2. The summed E-state index contributed by atoms with van der Waals surface area (Å²) in [5, 5.41) is 0. The molecule has 3 saturated heterocycles. The van der Waals surface area contributed by atoms with Gasteiger partial charge in [0.05, 0.1) is 6.54 Å². The Bertz CT molecular complexity index is 225. The van der Waals surface area contributed by atoms with Gasteiger partial charge in [-0.25, -0.2) is 8.78 Å². The molecule has 2 unspecified atom stereocenters. The van der Waals surface area contributed by atoms with Gasteiger partial charge in [-0.15, -0.1) is 0 Å². The van der Waals surface area contributed by atoms with Gasteiger partial charge in [0.15, 0.2) is 0 Å². The first-order chi connectivity index (χ1) is 6.88. The normalized spacial score (nSPS) is 33.2. The molecule has 2 nitrogen and oxygen atoms in total. The summed E-state index contributed by atoms with van der Waals surface area (Å²) in [6.07, 6.45) is -1.07. The summed E-state index contributed by atoms with van der Waals surface area (Å²) in [6, 6.07) is 0.744. The zero-order chi connectivity index (χ0) is 11.2. The highest BCUT2D eigenvalue weighted by molar-refractivity contribution is 5.03. The lowest BCUT2D eigenvalue weighted by Gasteiger charge is -2.59. The molecule has 2 atom stereocenters. The van der Waals surface area contributed by atoms with E-state index in [-0.39, 0.29) is 12.1 Å². The van der Waals surface area contributed by atoms with E-state index < -0.39 is 6.43 Å². The lowest BCUT2D eigenvalue weighted by molar-refractivity contribution is -0.113. The summed E-state index contributed by atoms with van der Waals surface area (Å²) < 4.78 is 24.6. The molecule has 88 valence electrons. The van der Waals surface area contributed by atoms with E-state index in [1.54, 1.807) is 0 Å². The maximum atomic E-state index is 12.3. The molecule has 0 aromatic heterocycles. The van der Waals surface area contributed by atoms with Gasteiger partial charge in [0.25, 0.3) is 6.43 Å². The van der Waals surface area contributed by atoms with Crippen LogP contribution in [0.25, 0.3) is 0 Å². The van der Waals surface area contributed by atoms with Crippen LogP contribution in [0.5, 0.6) is 0 Å². The van der Waals surface area contributed by atoms with E-state index in [1.165, 1.54) is 0 Å². The van der Waals surface area contributed by atoms with E-state index in [4.69, 9.17) is 0 Å². The van der Waals surface area contributed by atoms with Crippen LogP contribution in [0.15, 0.2) is 0 Å². The fourth-order valence-corrected chi connectivity index (χ4v) is 2.69. The molecule has 3 fully saturated rings. The number of piperazine rings is 1. The fraction of sp³-hybridized carbons (Fsp3) is 1.00. The summed E-state index contributed by atoms with van der Waals surface area (Å²) in [5.74, 6) is 0. The number of hydrogen-bond donors (Lipinski definition) is 0. The Kier molecular flexibility index (Phi) is 2.75. The average Bonchev–Trinajstić information content (AvgIpc) is 2.13. The Hall–Kier alpha value is -0.220. The molecular weight excluding hydrogens is 198 g/mol. The molecule has 0 N–H and O–H groups in total. The fourth-order valence-electron chi connectivity index (χ4n) is 2.69. The average molecular weight is 218 g/mol. The maximum absolute atomic E-state index is 12.3. The Morgan fingerprint density at radius 1 is 1.20 bits per heavy atom. The third-order valence-electron chi connectivity index (χ3n) is 3.64. The van der Waals surface area contributed by atoms with Gasteiger partial charge >= 0.3 is 0 Å². The van der Waals surface area contributed by atoms with Crippen LogP contribution in [0.3, 0.4) is 0 Å². The summed E-state index contributed by atoms with van der Waals surface area (Å²) in [6.45, 7) is 8.44. The van der Waals surface area contributed by atoms with Gasteiger partial charge in [0.1, 0.15) is 0 Å². The minimum atomic E-state index is -2.18. The van der Waals surface area contributed by atoms with Gasteiger partial charge in [-0.2, -0.15) is 0 Å². The van der Waals surface area contributed by atoms with E-state index in [2.05, 4.69) is 25.7 Å². The van der Waals surface area contributed by atoms with Crippen molar-refractivity contribution in [3.8, 4) is 0 Å². The number of halogens is 2. The monoisotopic (exact) mass is 218 g/mol. The molecule has 3 rings (SSSR count). The van der Waals surface area contributed by atoms with E-state index in [0.717, 1.165) is 19.5 Å². The third-order valence-corrected chi connectivity index (χ3v) is 3.64. The highest BCUT2D eigenvalue weighted by Crippen LogP contribution is 2.35. The molecule has 3 heterocycles. The second-order valence-electron chi connectivity index (χ2n) is 5.71. The van der Waals surface area contributed by atoms with Gasteiger partial charge in [-0.3, -0.25) is 9.80 Å². The molecule has 15 heavy (non-hydrogen) atoms. The Labute approximate surface area is 90.2 Å². The number of hydrogen-bond acceptors (Lipinski definition) is 2. The molecule has 3 aliphatic heterocycles. The molecule has 4 heteroatoms. The molecule has 0 amide bonds. The number of fused-ring (bicyclic) bond motifs is 2. The number of piperidine rings is 1. The van der Waals surface area contributed by atoms with Gasteiger partial charge in [0, 0.05) is 30.7 Å². The minimum Gasteiger partial charge on any atom is -0.295 e. The van der Waals surface area contributed by atoms with Gasteiger partial charge in [-0.05, 0) is 27.2 Å². The molecule has 0 spiro atoms. The van der Waals surface area contributed by atoms with Gasteiger partial charge in [-0.1, -0.05) is 0 Å². The minimum absolute atomic E-state index is 0.0344. The Balaban J connectivity index is 1.91. The van der Waals surface area contributed by atoms with E-state index in [1.807, 2.05) is 4.90 Å². The van der Waals surface area contributed by atoms with Gasteiger partial charge < -0.3 is 0 Å². The first kappa shape index (κ1) is 11.3.